The topological polar surface area (TPSA) is 61.2 Å². The molecule has 1 aromatic heterocycles. The van der Waals surface area contributed by atoms with Gasteiger partial charge in [0, 0.05) is 17.0 Å². The number of fused-ring (bicyclic) bond motifs is 3. The summed E-state index contributed by atoms with van der Waals surface area (Å²) in [5.74, 6) is -0.762. The van der Waals surface area contributed by atoms with Crippen molar-refractivity contribution in [3.63, 3.8) is 0 Å². The Bertz CT molecular complexity index is 884. The van der Waals surface area contributed by atoms with Crippen molar-refractivity contribution in [3.05, 3.63) is 53.1 Å². The quantitative estimate of drug-likeness (QED) is 0.761. The lowest BCUT2D eigenvalue weighted by Crippen LogP contribution is -2.29. The molecule has 4 rings (SSSR count). The van der Waals surface area contributed by atoms with Gasteiger partial charge in [-0.1, -0.05) is 24.3 Å². The molecule has 2 aromatic rings. The number of hydrogen-bond donors (Lipinski definition) is 0. The first-order valence-corrected chi connectivity index (χ1v) is 7.72. The Hall–Kier alpha value is -2.71. The van der Waals surface area contributed by atoms with Crippen LogP contribution in [-0.4, -0.2) is 11.8 Å². The second-order valence-corrected chi connectivity index (χ2v) is 6.20. The molecule has 2 heterocycles. The predicted molar refractivity (Wildman–Crippen MR) is 83.5 cm³/mol. The lowest BCUT2D eigenvalue weighted by Gasteiger charge is -2.15. The number of carbonyl (C=O) groups excluding carboxylic acids is 2. The Balaban J connectivity index is 1.94. The Morgan fingerprint density at radius 2 is 1.82 bits per heavy atom. The van der Waals surface area contributed by atoms with Crippen LogP contribution in [0.4, 0.5) is 5.00 Å². The number of nitriles is 1. The first kappa shape index (κ1) is 13.0. The summed E-state index contributed by atoms with van der Waals surface area (Å²) in [4.78, 5) is 26.0. The summed E-state index contributed by atoms with van der Waals surface area (Å²) in [6.07, 6.45) is 4.12. The van der Waals surface area contributed by atoms with Gasteiger partial charge in [-0.2, -0.15) is 5.26 Å². The minimum absolute atomic E-state index is 0.381. The molecule has 0 saturated heterocycles. The van der Waals surface area contributed by atoms with E-state index in [9.17, 15) is 14.9 Å². The van der Waals surface area contributed by atoms with Crippen molar-refractivity contribution >= 4 is 28.2 Å². The Labute approximate surface area is 130 Å². The first-order valence-electron chi connectivity index (χ1n) is 6.91. The van der Waals surface area contributed by atoms with Gasteiger partial charge in [-0.15, -0.1) is 11.3 Å². The van der Waals surface area contributed by atoms with Gasteiger partial charge in [0.25, 0.3) is 11.8 Å². The number of thiophene rings is 1. The van der Waals surface area contributed by atoms with Crippen LogP contribution in [0.1, 0.15) is 16.7 Å². The molecule has 5 heteroatoms. The molecule has 1 aliphatic carbocycles. The van der Waals surface area contributed by atoms with Crippen molar-refractivity contribution in [2.45, 2.75) is 12.8 Å². The number of rotatable bonds is 1. The van der Waals surface area contributed by atoms with E-state index in [2.05, 4.69) is 12.1 Å². The number of carbonyl (C=O) groups is 2. The highest BCUT2D eigenvalue weighted by Gasteiger charge is 2.33. The minimum Gasteiger partial charge on any atom is -0.269 e. The Kier molecular flexibility index (Phi) is 2.75. The molecule has 0 bridgehead atoms. The summed E-state index contributed by atoms with van der Waals surface area (Å²) < 4.78 is 0. The molecule has 0 fully saturated rings. The van der Waals surface area contributed by atoms with Crippen molar-refractivity contribution in [1.82, 2.24) is 0 Å². The standard InChI is InChI=1S/C17H10N2O2S/c18-9-13-12-6-5-10-3-1-2-4-11(10)16(12)22-17(13)19-14(20)7-8-15(19)21/h1-4,7-8H,5-6H2. The van der Waals surface area contributed by atoms with E-state index < -0.39 is 0 Å². The number of hydrogen-bond acceptors (Lipinski definition) is 4. The summed E-state index contributed by atoms with van der Waals surface area (Å²) in [6.45, 7) is 0. The second-order valence-electron chi connectivity index (χ2n) is 5.20. The van der Waals surface area contributed by atoms with Crippen molar-refractivity contribution in [2.24, 2.45) is 0 Å². The molecule has 1 aromatic carbocycles. The molecule has 0 atom stereocenters. The van der Waals surface area contributed by atoms with Gasteiger partial charge in [-0.05, 0) is 29.5 Å². The molecule has 0 spiro atoms. The van der Waals surface area contributed by atoms with Crippen LogP contribution in [0, 0.1) is 11.3 Å². The predicted octanol–water partition coefficient (Wildman–Crippen LogP) is 2.81. The van der Waals surface area contributed by atoms with Gasteiger partial charge in [0.05, 0.1) is 5.56 Å². The van der Waals surface area contributed by atoms with E-state index in [-0.39, 0.29) is 11.8 Å². The van der Waals surface area contributed by atoms with E-state index >= 15 is 0 Å². The van der Waals surface area contributed by atoms with Crippen molar-refractivity contribution in [2.75, 3.05) is 4.90 Å². The van der Waals surface area contributed by atoms with E-state index in [1.54, 1.807) is 0 Å². The molecule has 0 unspecified atom stereocenters. The van der Waals surface area contributed by atoms with Gasteiger partial charge < -0.3 is 0 Å². The fraction of sp³-hybridized carbons (Fsp3) is 0.118. The Morgan fingerprint density at radius 3 is 2.55 bits per heavy atom. The van der Waals surface area contributed by atoms with E-state index in [4.69, 9.17) is 0 Å². The van der Waals surface area contributed by atoms with Gasteiger partial charge in [0.15, 0.2) is 0 Å². The zero-order chi connectivity index (χ0) is 15.3. The van der Waals surface area contributed by atoms with Crippen LogP contribution in [0.15, 0.2) is 36.4 Å². The highest BCUT2D eigenvalue weighted by Crippen LogP contribution is 2.46. The molecule has 0 radical (unpaired) electrons. The van der Waals surface area contributed by atoms with Crippen LogP contribution in [-0.2, 0) is 22.4 Å². The average molecular weight is 306 g/mol. The molecule has 4 nitrogen and oxygen atoms in total. The number of benzene rings is 1. The van der Waals surface area contributed by atoms with Gasteiger partial charge >= 0.3 is 0 Å². The van der Waals surface area contributed by atoms with Crippen LogP contribution in [0.25, 0.3) is 10.4 Å². The zero-order valence-electron chi connectivity index (χ0n) is 11.5. The molecule has 106 valence electrons. The smallest absolute Gasteiger partial charge is 0.258 e. The lowest BCUT2D eigenvalue weighted by molar-refractivity contribution is -0.119. The van der Waals surface area contributed by atoms with Crippen LogP contribution < -0.4 is 4.90 Å². The summed E-state index contributed by atoms with van der Waals surface area (Å²) in [6, 6.07) is 10.3. The molecule has 2 aliphatic rings. The summed E-state index contributed by atoms with van der Waals surface area (Å²) in [5.41, 5.74) is 3.75. The van der Waals surface area contributed by atoms with Gasteiger partial charge in [0.1, 0.15) is 11.1 Å². The van der Waals surface area contributed by atoms with Crippen molar-refractivity contribution < 1.29 is 9.59 Å². The number of amides is 2. The van der Waals surface area contributed by atoms with Gasteiger partial charge in [0.2, 0.25) is 0 Å². The van der Waals surface area contributed by atoms with Gasteiger partial charge in [-0.25, -0.2) is 4.90 Å². The second kappa shape index (κ2) is 4.65. The van der Waals surface area contributed by atoms with E-state index in [1.165, 1.54) is 29.1 Å². The number of anilines is 1. The zero-order valence-corrected chi connectivity index (χ0v) is 12.3. The number of nitrogens with zero attached hydrogens (tertiary/aromatic N) is 2. The van der Waals surface area contributed by atoms with E-state index in [1.807, 2.05) is 18.2 Å². The molecule has 1 aliphatic heterocycles. The molecular weight excluding hydrogens is 296 g/mol. The number of aryl methyl sites for hydroxylation is 1. The molecule has 22 heavy (non-hydrogen) atoms. The van der Waals surface area contributed by atoms with Crippen LogP contribution in [0.3, 0.4) is 0 Å². The third-order valence-corrected chi connectivity index (χ3v) is 5.27. The monoisotopic (exact) mass is 306 g/mol. The molecule has 0 saturated carbocycles. The maximum atomic E-state index is 11.9. The molecule has 2 amide bonds. The minimum atomic E-state index is -0.381. The number of imide groups is 1. The summed E-state index contributed by atoms with van der Waals surface area (Å²) in [7, 11) is 0. The summed E-state index contributed by atoms with van der Waals surface area (Å²) >= 11 is 1.36. The van der Waals surface area contributed by atoms with Crippen molar-refractivity contribution in [1.29, 1.82) is 5.26 Å². The van der Waals surface area contributed by atoms with Crippen LogP contribution in [0.5, 0.6) is 0 Å². The van der Waals surface area contributed by atoms with Crippen LogP contribution in [0.2, 0.25) is 0 Å². The maximum absolute atomic E-state index is 11.9. The third-order valence-electron chi connectivity index (χ3n) is 4.02. The van der Waals surface area contributed by atoms with E-state index in [0.717, 1.165) is 33.7 Å². The highest BCUT2D eigenvalue weighted by molar-refractivity contribution is 7.20. The third kappa shape index (κ3) is 1.68. The maximum Gasteiger partial charge on any atom is 0.258 e. The fourth-order valence-electron chi connectivity index (χ4n) is 3.00. The molecule has 0 N–H and O–H groups in total. The van der Waals surface area contributed by atoms with E-state index in [0.29, 0.717) is 10.6 Å². The largest absolute Gasteiger partial charge is 0.269 e. The first-order chi connectivity index (χ1) is 10.7. The normalized spacial score (nSPS) is 15.7. The SMILES string of the molecule is N#Cc1c(N2C(=O)C=CC2=O)sc2c1CCc1ccccc1-2. The molecular formula is C17H10N2O2S. The Morgan fingerprint density at radius 1 is 1.09 bits per heavy atom. The summed E-state index contributed by atoms with van der Waals surface area (Å²) in [5, 5.41) is 9.98. The highest BCUT2D eigenvalue weighted by atomic mass is 32.1. The average Bonchev–Trinajstić information content (AvgIpc) is 3.06. The van der Waals surface area contributed by atoms with Crippen LogP contribution >= 0.6 is 11.3 Å². The van der Waals surface area contributed by atoms with Gasteiger partial charge in [-0.3, -0.25) is 9.59 Å². The fourth-order valence-corrected chi connectivity index (χ4v) is 4.37. The lowest BCUT2D eigenvalue weighted by atomic mass is 9.89. The van der Waals surface area contributed by atoms with Crippen molar-refractivity contribution in [3.8, 4) is 16.5 Å².